The van der Waals surface area contributed by atoms with E-state index in [2.05, 4.69) is 6.07 Å². The molecule has 1 nitrogen and oxygen atoms in total. The van der Waals surface area contributed by atoms with Gasteiger partial charge in [-0.2, -0.15) is 13.2 Å². The molecule has 4 heteroatoms. The van der Waals surface area contributed by atoms with Crippen molar-refractivity contribution < 1.29 is 13.2 Å². The Labute approximate surface area is 84.8 Å². The van der Waals surface area contributed by atoms with Gasteiger partial charge >= 0.3 is 6.18 Å². The van der Waals surface area contributed by atoms with Crippen molar-refractivity contribution in [3.05, 3.63) is 54.4 Å². The second-order valence-electron chi connectivity index (χ2n) is 3.07. The number of nitrogens with zero attached hydrogens (tertiary/aromatic N) is 1. The molecule has 0 unspecified atom stereocenters. The van der Waals surface area contributed by atoms with E-state index in [0.29, 0.717) is 5.69 Å². The van der Waals surface area contributed by atoms with E-state index in [0.717, 1.165) is 12.1 Å². The summed E-state index contributed by atoms with van der Waals surface area (Å²) in [7, 11) is 0. The summed E-state index contributed by atoms with van der Waals surface area (Å²) < 4.78 is 38.7. The van der Waals surface area contributed by atoms with Gasteiger partial charge in [-0.05, 0) is 36.4 Å². The number of rotatable bonds is 1. The Morgan fingerprint density at radius 2 is 1.73 bits per heavy atom. The topological polar surface area (TPSA) is 4.93 Å². The minimum atomic E-state index is -4.32. The largest absolute Gasteiger partial charge is 0.416 e. The maximum atomic E-state index is 12.4. The fraction of sp³-hybridized carbons (Fsp3) is 0.0909. The highest BCUT2D eigenvalue weighted by atomic mass is 19.4. The van der Waals surface area contributed by atoms with Gasteiger partial charge in [0.2, 0.25) is 0 Å². The minimum Gasteiger partial charge on any atom is -0.324 e. The lowest BCUT2D eigenvalue weighted by Gasteiger charge is -2.08. The summed E-state index contributed by atoms with van der Waals surface area (Å²) in [6, 6.07) is 9.52. The van der Waals surface area contributed by atoms with Crippen LogP contribution < -0.4 is 0 Å². The standard InChI is InChI=1S/C11H7F3N/c12-11(13,14)9-4-3-5-10(8-9)15-6-1-2-7-15/h1-2,4-8H. The maximum absolute atomic E-state index is 12.4. The zero-order valence-corrected chi connectivity index (χ0v) is 7.62. The van der Waals surface area contributed by atoms with E-state index in [1.807, 2.05) is 0 Å². The number of benzene rings is 1. The number of alkyl halides is 3. The summed E-state index contributed by atoms with van der Waals surface area (Å²) in [5, 5.41) is 0. The average molecular weight is 210 g/mol. The molecule has 2 rings (SSSR count). The predicted molar refractivity (Wildman–Crippen MR) is 49.6 cm³/mol. The van der Waals surface area contributed by atoms with Crippen LogP contribution in [0.1, 0.15) is 5.56 Å². The van der Waals surface area contributed by atoms with Crippen molar-refractivity contribution >= 4 is 0 Å². The Hall–Kier alpha value is -1.71. The Kier molecular flexibility index (Phi) is 2.26. The summed E-state index contributed by atoms with van der Waals surface area (Å²) in [5.74, 6) is 0. The number of halogens is 3. The third-order valence-electron chi connectivity index (χ3n) is 2.00. The second kappa shape index (κ2) is 3.46. The molecule has 0 bridgehead atoms. The van der Waals surface area contributed by atoms with Gasteiger partial charge in [0.05, 0.1) is 5.56 Å². The first-order valence-electron chi connectivity index (χ1n) is 4.29. The van der Waals surface area contributed by atoms with Gasteiger partial charge in [0.1, 0.15) is 0 Å². The summed E-state index contributed by atoms with van der Waals surface area (Å²) in [6.45, 7) is 0. The zero-order valence-electron chi connectivity index (χ0n) is 7.62. The Bertz CT molecular complexity index is 443. The monoisotopic (exact) mass is 210 g/mol. The number of hydrogen-bond donors (Lipinski definition) is 0. The fourth-order valence-corrected chi connectivity index (χ4v) is 1.28. The highest BCUT2D eigenvalue weighted by Gasteiger charge is 2.30. The lowest BCUT2D eigenvalue weighted by molar-refractivity contribution is -0.137. The summed E-state index contributed by atoms with van der Waals surface area (Å²) in [5.41, 5.74) is -0.233. The maximum Gasteiger partial charge on any atom is 0.416 e. The van der Waals surface area contributed by atoms with Gasteiger partial charge in [0, 0.05) is 18.1 Å². The Morgan fingerprint density at radius 1 is 1.07 bits per heavy atom. The lowest BCUT2D eigenvalue weighted by atomic mass is 10.2. The molecule has 0 saturated carbocycles. The molecule has 15 heavy (non-hydrogen) atoms. The summed E-state index contributed by atoms with van der Waals surface area (Å²) in [6.07, 6.45) is -0.952. The second-order valence-corrected chi connectivity index (χ2v) is 3.07. The van der Waals surface area contributed by atoms with Gasteiger partial charge in [-0.25, -0.2) is 0 Å². The van der Waals surface area contributed by atoms with Crippen molar-refractivity contribution in [2.75, 3.05) is 0 Å². The van der Waals surface area contributed by atoms with Gasteiger partial charge in [-0.15, -0.1) is 0 Å². The first-order valence-corrected chi connectivity index (χ1v) is 4.29. The van der Waals surface area contributed by atoms with Crippen molar-refractivity contribution in [2.24, 2.45) is 0 Å². The SMILES string of the molecule is FC(F)(F)c1c[c]cc(-n2cccc2)c1. The van der Waals surface area contributed by atoms with E-state index in [-0.39, 0.29) is 0 Å². The fourth-order valence-electron chi connectivity index (χ4n) is 1.28. The third-order valence-corrected chi connectivity index (χ3v) is 2.00. The molecule has 0 N–H and O–H groups in total. The van der Waals surface area contributed by atoms with Gasteiger partial charge in [-0.1, -0.05) is 0 Å². The molecule has 2 aromatic rings. The van der Waals surface area contributed by atoms with E-state index < -0.39 is 11.7 Å². The van der Waals surface area contributed by atoms with E-state index in [4.69, 9.17) is 0 Å². The van der Waals surface area contributed by atoms with E-state index in [9.17, 15) is 13.2 Å². The minimum absolute atomic E-state index is 0.454. The first-order chi connectivity index (χ1) is 7.07. The molecule has 0 fully saturated rings. The summed E-state index contributed by atoms with van der Waals surface area (Å²) in [4.78, 5) is 0. The number of aromatic nitrogens is 1. The van der Waals surface area contributed by atoms with Crippen LogP contribution in [0.3, 0.4) is 0 Å². The molecule has 0 aliphatic rings. The quantitative estimate of drug-likeness (QED) is 0.680. The molecule has 1 aromatic heterocycles. The van der Waals surface area contributed by atoms with Crippen LogP contribution in [0.25, 0.3) is 5.69 Å². The zero-order chi connectivity index (χ0) is 10.9. The van der Waals surface area contributed by atoms with Crippen LogP contribution in [0, 0.1) is 6.07 Å². The van der Waals surface area contributed by atoms with Crippen LogP contribution in [0.4, 0.5) is 13.2 Å². The molecule has 1 aromatic carbocycles. The normalized spacial score (nSPS) is 11.7. The van der Waals surface area contributed by atoms with Crippen molar-refractivity contribution in [3.63, 3.8) is 0 Å². The highest BCUT2D eigenvalue weighted by Crippen LogP contribution is 2.30. The predicted octanol–water partition coefficient (Wildman–Crippen LogP) is 3.30. The third kappa shape index (κ3) is 2.03. The van der Waals surface area contributed by atoms with Crippen LogP contribution in [-0.2, 0) is 6.18 Å². The van der Waals surface area contributed by atoms with Crippen molar-refractivity contribution in [2.45, 2.75) is 6.18 Å². The molecule has 0 aliphatic carbocycles. The lowest BCUT2D eigenvalue weighted by Crippen LogP contribution is -2.05. The van der Waals surface area contributed by atoms with Crippen LogP contribution in [-0.4, -0.2) is 4.57 Å². The Balaban J connectivity index is 2.44. The van der Waals surface area contributed by atoms with Crippen molar-refractivity contribution in [1.29, 1.82) is 0 Å². The number of hydrogen-bond acceptors (Lipinski definition) is 0. The summed E-state index contributed by atoms with van der Waals surface area (Å²) >= 11 is 0. The van der Waals surface area contributed by atoms with Crippen LogP contribution in [0.5, 0.6) is 0 Å². The van der Waals surface area contributed by atoms with Crippen molar-refractivity contribution in [3.8, 4) is 5.69 Å². The van der Waals surface area contributed by atoms with Crippen molar-refractivity contribution in [1.82, 2.24) is 4.57 Å². The van der Waals surface area contributed by atoms with E-state index in [1.54, 1.807) is 29.1 Å². The van der Waals surface area contributed by atoms with Crippen LogP contribution >= 0.6 is 0 Å². The molecule has 1 radical (unpaired) electrons. The molecule has 77 valence electrons. The smallest absolute Gasteiger partial charge is 0.324 e. The molecule has 0 saturated heterocycles. The van der Waals surface area contributed by atoms with Crippen LogP contribution in [0.15, 0.2) is 42.7 Å². The van der Waals surface area contributed by atoms with E-state index in [1.165, 1.54) is 6.07 Å². The van der Waals surface area contributed by atoms with Gasteiger partial charge in [0.25, 0.3) is 0 Å². The molecule has 1 heterocycles. The molecule has 0 spiro atoms. The van der Waals surface area contributed by atoms with Gasteiger partial charge < -0.3 is 4.57 Å². The first kappa shape index (κ1) is 9.83. The van der Waals surface area contributed by atoms with Crippen LogP contribution in [0.2, 0.25) is 0 Å². The molecule has 0 aliphatic heterocycles. The van der Waals surface area contributed by atoms with Gasteiger partial charge in [-0.3, -0.25) is 0 Å². The molecular formula is C11H7F3N. The van der Waals surface area contributed by atoms with Gasteiger partial charge in [0.15, 0.2) is 0 Å². The van der Waals surface area contributed by atoms with E-state index >= 15 is 0 Å². The molecule has 0 amide bonds. The molecular weight excluding hydrogens is 203 g/mol. The average Bonchev–Trinajstić information content (AvgIpc) is 2.69. The highest BCUT2D eigenvalue weighted by molar-refractivity contribution is 5.36. The molecule has 0 atom stereocenters. The Morgan fingerprint density at radius 3 is 2.33 bits per heavy atom.